The molecule has 2 heteroatoms. The lowest BCUT2D eigenvalue weighted by atomic mass is 10.2. The van der Waals surface area contributed by atoms with E-state index in [-0.39, 0.29) is 0 Å². The fourth-order valence-electron chi connectivity index (χ4n) is 2.36. The van der Waals surface area contributed by atoms with Gasteiger partial charge in [-0.05, 0) is 12.8 Å². The normalized spacial score (nSPS) is 13.2. The van der Waals surface area contributed by atoms with Gasteiger partial charge in [0.15, 0.2) is 0 Å². The molecule has 0 aliphatic carbocycles. The van der Waals surface area contributed by atoms with Gasteiger partial charge >= 0.3 is 0 Å². The first-order valence-corrected chi connectivity index (χ1v) is 6.47. The van der Waals surface area contributed by atoms with Crippen LogP contribution < -0.4 is 0 Å². The highest BCUT2D eigenvalue weighted by Gasteiger charge is 2.18. The molecular weight excluding hydrogens is 184 g/mol. The van der Waals surface area contributed by atoms with Gasteiger partial charge < -0.3 is 8.97 Å². The van der Waals surface area contributed by atoms with Crippen molar-refractivity contribution in [2.24, 2.45) is 0 Å². The molecule has 15 heavy (non-hydrogen) atoms. The van der Waals surface area contributed by atoms with E-state index in [1.54, 1.807) is 0 Å². The average Bonchev–Trinajstić information content (AvgIpc) is 2.02. The highest BCUT2D eigenvalue weighted by molar-refractivity contribution is 4.39. The smallest absolute Gasteiger partial charge is 0.0836 e. The predicted octanol–water partition coefficient (Wildman–Crippen LogP) is 2.35. The van der Waals surface area contributed by atoms with Crippen LogP contribution in [0.5, 0.6) is 0 Å². The largest absolute Gasteiger partial charge is 0.328 e. The molecule has 0 aliphatic heterocycles. The van der Waals surface area contributed by atoms with Crippen LogP contribution in [0.1, 0.15) is 33.1 Å². The molecule has 0 aromatic rings. The molecule has 0 N–H and O–H groups in total. The highest BCUT2D eigenvalue weighted by atomic mass is 15.3. The topological polar surface area (TPSA) is 0 Å². The molecule has 0 atom stereocenters. The van der Waals surface area contributed by atoms with Gasteiger partial charge in [-0.3, -0.25) is 0 Å². The Morgan fingerprint density at radius 1 is 0.600 bits per heavy atom. The SMILES string of the molecule is CCC[N+](C)(C)CCC[N+](C)(C)CCC. The van der Waals surface area contributed by atoms with E-state index in [2.05, 4.69) is 42.0 Å². The summed E-state index contributed by atoms with van der Waals surface area (Å²) < 4.78 is 2.37. The molecule has 0 saturated carbocycles. The van der Waals surface area contributed by atoms with Crippen LogP contribution in [0, 0.1) is 0 Å². The molecule has 0 bridgehead atoms. The minimum atomic E-state index is 1.18. The Balaban J connectivity index is 3.77. The molecule has 92 valence electrons. The summed E-state index contributed by atoms with van der Waals surface area (Å²) in [4.78, 5) is 0. The van der Waals surface area contributed by atoms with Gasteiger partial charge in [-0.1, -0.05) is 13.8 Å². The maximum absolute atomic E-state index is 2.35. The van der Waals surface area contributed by atoms with Crippen LogP contribution in [0.15, 0.2) is 0 Å². The predicted molar refractivity (Wildman–Crippen MR) is 68.9 cm³/mol. The summed E-state index contributed by atoms with van der Waals surface area (Å²) in [5.74, 6) is 0. The van der Waals surface area contributed by atoms with Crippen molar-refractivity contribution in [2.75, 3.05) is 54.4 Å². The fraction of sp³-hybridized carbons (Fsp3) is 1.00. The van der Waals surface area contributed by atoms with Crippen molar-refractivity contribution >= 4 is 0 Å². The van der Waals surface area contributed by atoms with Crippen LogP contribution in [-0.4, -0.2) is 63.3 Å². The lowest BCUT2D eigenvalue weighted by molar-refractivity contribution is -0.909. The molecular formula is C13H32N2+2. The summed E-state index contributed by atoms with van der Waals surface area (Å²) in [6.07, 6.45) is 3.93. The van der Waals surface area contributed by atoms with Crippen LogP contribution in [0.3, 0.4) is 0 Å². The summed E-state index contributed by atoms with van der Waals surface area (Å²) in [5.41, 5.74) is 0. The van der Waals surface area contributed by atoms with Gasteiger partial charge in [0.25, 0.3) is 0 Å². The standard InChI is InChI=1S/C13H32N2/c1-7-10-14(3,4)12-9-13-15(5,6)11-8-2/h7-13H2,1-6H3/q+2. The minimum Gasteiger partial charge on any atom is -0.328 e. The molecule has 0 amide bonds. The second-order valence-electron chi connectivity index (χ2n) is 6.12. The van der Waals surface area contributed by atoms with E-state index >= 15 is 0 Å². The first-order valence-electron chi connectivity index (χ1n) is 6.47. The summed E-state index contributed by atoms with van der Waals surface area (Å²) in [5, 5.41) is 0. The molecule has 0 rings (SSSR count). The molecule has 0 aromatic heterocycles. The van der Waals surface area contributed by atoms with Crippen molar-refractivity contribution in [1.29, 1.82) is 0 Å². The number of nitrogens with zero attached hydrogens (tertiary/aromatic N) is 2. The molecule has 2 nitrogen and oxygen atoms in total. The Hall–Kier alpha value is -0.0800. The monoisotopic (exact) mass is 216 g/mol. The third-order valence-electron chi connectivity index (χ3n) is 3.18. The van der Waals surface area contributed by atoms with Gasteiger partial charge in [-0.25, -0.2) is 0 Å². The first-order chi connectivity index (χ1) is 6.83. The van der Waals surface area contributed by atoms with Crippen molar-refractivity contribution in [2.45, 2.75) is 33.1 Å². The second kappa shape index (κ2) is 6.49. The Morgan fingerprint density at radius 2 is 0.933 bits per heavy atom. The lowest BCUT2D eigenvalue weighted by Crippen LogP contribution is -2.45. The van der Waals surface area contributed by atoms with Crippen LogP contribution in [0.25, 0.3) is 0 Å². The van der Waals surface area contributed by atoms with Gasteiger partial charge in [0.05, 0.1) is 54.4 Å². The van der Waals surface area contributed by atoms with Crippen LogP contribution >= 0.6 is 0 Å². The Labute approximate surface area is 97.1 Å². The first kappa shape index (κ1) is 14.9. The molecule has 0 radical (unpaired) electrons. The van der Waals surface area contributed by atoms with Gasteiger partial charge in [-0.15, -0.1) is 0 Å². The van der Waals surface area contributed by atoms with Crippen molar-refractivity contribution < 1.29 is 8.97 Å². The van der Waals surface area contributed by atoms with Crippen molar-refractivity contribution in [3.05, 3.63) is 0 Å². The maximum Gasteiger partial charge on any atom is 0.0836 e. The van der Waals surface area contributed by atoms with Crippen molar-refractivity contribution in [1.82, 2.24) is 0 Å². The Bertz CT molecular complexity index is 144. The summed E-state index contributed by atoms with van der Waals surface area (Å²) >= 11 is 0. The average molecular weight is 216 g/mol. The minimum absolute atomic E-state index is 1.18. The number of quaternary nitrogens is 2. The molecule has 0 heterocycles. The highest BCUT2D eigenvalue weighted by Crippen LogP contribution is 2.05. The zero-order valence-corrected chi connectivity index (χ0v) is 11.8. The Morgan fingerprint density at radius 3 is 1.20 bits per heavy atom. The molecule has 0 saturated heterocycles. The quantitative estimate of drug-likeness (QED) is 0.546. The van der Waals surface area contributed by atoms with Crippen LogP contribution in [-0.2, 0) is 0 Å². The molecule has 0 fully saturated rings. The van der Waals surface area contributed by atoms with Crippen LogP contribution in [0.4, 0.5) is 0 Å². The van der Waals surface area contributed by atoms with E-state index in [0.717, 1.165) is 0 Å². The summed E-state index contributed by atoms with van der Waals surface area (Å²) in [7, 11) is 9.40. The van der Waals surface area contributed by atoms with Gasteiger partial charge in [0, 0.05) is 6.42 Å². The Kier molecular flexibility index (Phi) is 6.46. The molecule has 0 aliphatic rings. The number of rotatable bonds is 8. The van der Waals surface area contributed by atoms with E-state index in [0.29, 0.717) is 0 Å². The third kappa shape index (κ3) is 7.80. The lowest BCUT2D eigenvalue weighted by Gasteiger charge is -2.33. The van der Waals surface area contributed by atoms with Gasteiger partial charge in [0.1, 0.15) is 0 Å². The molecule has 0 unspecified atom stereocenters. The van der Waals surface area contributed by atoms with E-state index in [4.69, 9.17) is 0 Å². The molecule has 0 aromatic carbocycles. The number of hydrogen-bond donors (Lipinski definition) is 0. The van der Waals surface area contributed by atoms with E-state index in [1.807, 2.05) is 0 Å². The second-order valence-corrected chi connectivity index (χ2v) is 6.12. The summed E-state index contributed by atoms with van der Waals surface area (Å²) in [6.45, 7) is 9.80. The van der Waals surface area contributed by atoms with Gasteiger partial charge in [-0.2, -0.15) is 0 Å². The van der Waals surface area contributed by atoms with E-state index in [1.165, 1.54) is 54.4 Å². The van der Waals surface area contributed by atoms with E-state index in [9.17, 15) is 0 Å². The van der Waals surface area contributed by atoms with Crippen molar-refractivity contribution in [3.63, 3.8) is 0 Å². The third-order valence-corrected chi connectivity index (χ3v) is 3.18. The summed E-state index contributed by atoms with van der Waals surface area (Å²) in [6, 6.07) is 0. The number of hydrogen-bond acceptors (Lipinski definition) is 0. The maximum atomic E-state index is 2.35. The van der Waals surface area contributed by atoms with Gasteiger partial charge in [0.2, 0.25) is 0 Å². The van der Waals surface area contributed by atoms with Crippen molar-refractivity contribution in [3.8, 4) is 0 Å². The zero-order valence-electron chi connectivity index (χ0n) is 11.8. The van der Waals surface area contributed by atoms with E-state index < -0.39 is 0 Å². The fourth-order valence-corrected chi connectivity index (χ4v) is 2.36. The van der Waals surface area contributed by atoms with Crippen LogP contribution in [0.2, 0.25) is 0 Å². The molecule has 0 spiro atoms. The zero-order chi connectivity index (χ0) is 11.9.